The van der Waals surface area contributed by atoms with Gasteiger partial charge in [-0.1, -0.05) is 53.8 Å². The van der Waals surface area contributed by atoms with Crippen molar-refractivity contribution in [3.05, 3.63) is 86.7 Å². The molecule has 2 heterocycles. The summed E-state index contributed by atoms with van der Waals surface area (Å²) in [6.07, 6.45) is 9.13. The van der Waals surface area contributed by atoms with Gasteiger partial charge in [0.15, 0.2) is 0 Å². The zero-order valence-electron chi connectivity index (χ0n) is 16.9. The summed E-state index contributed by atoms with van der Waals surface area (Å²) < 4.78 is 3.63. The van der Waals surface area contributed by atoms with Crippen LogP contribution in [0.4, 0.5) is 0 Å². The zero-order valence-corrected chi connectivity index (χ0v) is 17.8. The Morgan fingerprint density at radius 3 is 2.63 bits per heavy atom. The van der Waals surface area contributed by atoms with E-state index in [1.807, 2.05) is 37.3 Å². The first-order chi connectivity index (χ1) is 14.5. The van der Waals surface area contributed by atoms with Crippen molar-refractivity contribution in [1.82, 2.24) is 9.24 Å². The Labute approximate surface area is 178 Å². The van der Waals surface area contributed by atoms with Crippen LogP contribution >= 0.6 is 11.3 Å². The maximum Gasteiger partial charge on any atom is 0.289 e. The highest BCUT2D eigenvalue weighted by molar-refractivity contribution is 7.12. The van der Waals surface area contributed by atoms with Crippen LogP contribution in [0.3, 0.4) is 0 Å². The number of hydrogen-bond donors (Lipinski definition) is 0. The summed E-state index contributed by atoms with van der Waals surface area (Å²) in [7, 11) is 0. The van der Waals surface area contributed by atoms with Crippen LogP contribution in [-0.2, 0) is 0 Å². The predicted octanol–water partition coefficient (Wildman–Crippen LogP) is 4.37. The lowest BCUT2D eigenvalue weighted by molar-refractivity contribution is 0.421. The second kappa shape index (κ2) is 7.26. The Bertz CT molecular complexity index is 1320. The van der Waals surface area contributed by atoms with Crippen LogP contribution in [0.2, 0.25) is 0 Å². The molecule has 5 rings (SSSR count). The molecule has 1 fully saturated rings. The zero-order chi connectivity index (χ0) is 20.8. The Kier molecular flexibility index (Phi) is 4.56. The lowest BCUT2D eigenvalue weighted by Crippen LogP contribution is -2.28. The average Bonchev–Trinajstić information content (AvgIpc) is 3.47. The summed E-state index contributed by atoms with van der Waals surface area (Å²) in [6.45, 7) is 3.65. The molecule has 5 nitrogen and oxygen atoms in total. The highest BCUT2D eigenvalue weighted by Gasteiger charge is 2.37. The fourth-order valence-electron chi connectivity index (χ4n) is 4.70. The Morgan fingerprint density at radius 1 is 1.17 bits per heavy atom. The Morgan fingerprint density at radius 2 is 1.97 bits per heavy atom. The van der Waals surface area contributed by atoms with Crippen LogP contribution in [0.1, 0.15) is 35.7 Å². The van der Waals surface area contributed by atoms with Crippen molar-refractivity contribution in [2.24, 2.45) is 16.9 Å². The van der Waals surface area contributed by atoms with Crippen LogP contribution in [0.25, 0.3) is 10.4 Å². The van der Waals surface area contributed by atoms with Crippen molar-refractivity contribution in [2.75, 3.05) is 0 Å². The lowest BCUT2D eigenvalue weighted by atomic mass is 10.0. The van der Waals surface area contributed by atoms with E-state index in [-0.39, 0.29) is 11.1 Å². The van der Waals surface area contributed by atoms with Gasteiger partial charge in [-0.05, 0) is 55.7 Å². The molecule has 0 aliphatic heterocycles. The van der Waals surface area contributed by atoms with E-state index >= 15 is 0 Å². The first-order valence-corrected chi connectivity index (χ1v) is 11.0. The number of rotatable bonds is 3. The first kappa shape index (κ1) is 18.8. The van der Waals surface area contributed by atoms with Gasteiger partial charge in [-0.2, -0.15) is 9.94 Å². The minimum Gasteiger partial charge on any atom is -0.318 e. The van der Waals surface area contributed by atoms with Crippen LogP contribution < -0.4 is 10.4 Å². The second-order valence-corrected chi connectivity index (χ2v) is 9.18. The molecule has 0 amide bonds. The molecule has 1 saturated carbocycles. The fraction of sp³-hybridized carbons (Fsp3) is 0.292. The third kappa shape index (κ3) is 3.06. The second-order valence-electron chi connectivity index (χ2n) is 8.17. The number of hydrogen-bond acceptors (Lipinski definition) is 4. The molecular weight excluding hydrogens is 392 g/mol. The molecule has 2 bridgehead atoms. The van der Waals surface area contributed by atoms with E-state index in [9.17, 15) is 10.1 Å². The SMILES string of the molecule is Cc1cc(C)n(/N=c2/sc(-c3ccccc3)cn2[C@@H]2C[C@@H]3C=C[C@H]2C3)c(=O)c1C#N. The topological polar surface area (TPSA) is 63.1 Å². The van der Waals surface area contributed by atoms with Crippen LogP contribution in [0, 0.1) is 37.0 Å². The number of aromatic nitrogens is 2. The molecule has 2 aliphatic carbocycles. The van der Waals surface area contributed by atoms with E-state index in [2.05, 4.69) is 35.0 Å². The molecule has 0 spiro atoms. The van der Waals surface area contributed by atoms with Gasteiger partial charge in [-0.25, -0.2) is 0 Å². The van der Waals surface area contributed by atoms with Gasteiger partial charge >= 0.3 is 0 Å². The molecule has 1 aromatic carbocycles. The number of nitrogens with zero attached hydrogens (tertiary/aromatic N) is 4. The van der Waals surface area contributed by atoms with Gasteiger partial charge in [0.1, 0.15) is 11.6 Å². The highest BCUT2D eigenvalue weighted by atomic mass is 32.1. The third-order valence-corrected chi connectivity index (χ3v) is 7.23. The smallest absolute Gasteiger partial charge is 0.289 e. The van der Waals surface area contributed by atoms with Crippen molar-refractivity contribution in [3.8, 4) is 16.5 Å². The highest BCUT2D eigenvalue weighted by Crippen LogP contribution is 2.46. The van der Waals surface area contributed by atoms with Gasteiger partial charge in [0.2, 0.25) is 4.80 Å². The third-order valence-electron chi connectivity index (χ3n) is 6.20. The lowest BCUT2D eigenvalue weighted by Gasteiger charge is -2.20. The first-order valence-electron chi connectivity index (χ1n) is 10.2. The summed E-state index contributed by atoms with van der Waals surface area (Å²) in [5, 5.41) is 14.2. The summed E-state index contributed by atoms with van der Waals surface area (Å²) in [5.74, 6) is 1.15. The number of fused-ring (bicyclic) bond motifs is 2. The summed E-state index contributed by atoms with van der Waals surface area (Å²) >= 11 is 1.59. The summed E-state index contributed by atoms with van der Waals surface area (Å²) in [5.41, 5.74) is 2.35. The molecule has 0 saturated heterocycles. The fourth-order valence-corrected chi connectivity index (χ4v) is 5.74. The maximum absolute atomic E-state index is 12.9. The van der Waals surface area contributed by atoms with E-state index in [4.69, 9.17) is 5.10 Å². The maximum atomic E-state index is 12.9. The standard InChI is InChI=1S/C24H22N4OS/c1-15-10-16(2)28(23(29)20(15)13-25)26-24-27(21-12-17-8-9-19(21)11-17)14-22(30-24)18-6-4-3-5-7-18/h3-10,14,17,19,21H,11-12H2,1-2H3/b26-24+/t17-,19+,21-/m1/s1. The molecule has 3 atom stereocenters. The quantitative estimate of drug-likeness (QED) is 0.598. The number of pyridine rings is 1. The minimum absolute atomic E-state index is 0.151. The van der Waals surface area contributed by atoms with Crippen LogP contribution in [0.15, 0.2) is 64.6 Å². The van der Waals surface area contributed by atoms with Gasteiger partial charge in [0.05, 0.1) is 4.88 Å². The van der Waals surface area contributed by atoms with E-state index in [1.54, 1.807) is 18.3 Å². The summed E-state index contributed by atoms with van der Waals surface area (Å²) in [4.78, 5) is 14.8. The van der Waals surface area contributed by atoms with Crippen LogP contribution in [-0.4, -0.2) is 9.24 Å². The van der Waals surface area contributed by atoms with Crippen molar-refractivity contribution in [1.29, 1.82) is 5.26 Å². The minimum atomic E-state index is -0.357. The molecule has 30 heavy (non-hydrogen) atoms. The normalized spacial score (nSPS) is 22.6. The molecule has 3 aromatic rings. The molecule has 0 N–H and O–H groups in total. The van der Waals surface area contributed by atoms with Gasteiger partial charge in [0.25, 0.3) is 5.56 Å². The van der Waals surface area contributed by atoms with Crippen molar-refractivity contribution < 1.29 is 0 Å². The Hall–Kier alpha value is -3.17. The van der Waals surface area contributed by atoms with E-state index in [1.165, 1.54) is 11.1 Å². The van der Waals surface area contributed by atoms with E-state index < -0.39 is 0 Å². The monoisotopic (exact) mass is 414 g/mol. The van der Waals surface area contributed by atoms with Gasteiger partial charge in [-0.15, -0.1) is 5.10 Å². The molecule has 0 radical (unpaired) electrons. The molecule has 150 valence electrons. The number of aryl methyl sites for hydroxylation is 2. The average molecular weight is 415 g/mol. The van der Waals surface area contributed by atoms with Crippen LogP contribution in [0.5, 0.6) is 0 Å². The van der Waals surface area contributed by atoms with Crippen molar-refractivity contribution >= 4 is 11.3 Å². The summed E-state index contributed by atoms with van der Waals surface area (Å²) in [6, 6.07) is 14.5. The number of nitriles is 1. The predicted molar refractivity (Wildman–Crippen MR) is 118 cm³/mol. The molecule has 2 aromatic heterocycles. The van der Waals surface area contributed by atoms with Gasteiger partial charge in [-0.3, -0.25) is 4.79 Å². The van der Waals surface area contributed by atoms with E-state index in [0.717, 1.165) is 27.4 Å². The number of benzene rings is 1. The molecule has 6 heteroatoms. The molecule has 0 unspecified atom stereocenters. The van der Waals surface area contributed by atoms with Crippen molar-refractivity contribution in [3.63, 3.8) is 0 Å². The number of allylic oxidation sites excluding steroid dienone is 2. The number of thiazole rings is 1. The molecule has 2 aliphatic rings. The Balaban J connectivity index is 1.72. The van der Waals surface area contributed by atoms with Gasteiger partial charge < -0.3 is 4.57 Å². The van der Waals surface area contributed by atoms with Gasteiger partial charge in [0, 0.05) is 17.9 Å². The largest absolute Gasteiger partial charge is 0.318 e. The molecular formula is C24H22N4OS. The van der Waals surface area contributed by atoms with E-state index in [0.29, 0.717) is 23.4 Å². The van der Waals surface area contributed by atoms with Crippen molar-refractivity contribution in [2.45, 2.75) is 32.7 Å².